The van der Waals surface area contributed by atoms with Crippen molar-refractivity contribution in [3.05, 3.63) is 56.7 Å². The summed E-state index contributed by atoms with van der Waals surface area (Å²) in [5.74, 6) is 0.0231. The van der Waals surface area contributed by atoms with Gasteiger partial charge in [-0.15, -0.1) is 0 Å². The molecule has 0 amide bonds. The Hall–Kier alpha value is -2.27. The summed E-state index contributed by atoms with van der Waals surface area (Å²) < 4.78 is 0. The number of non-ortho nitro benzene ring substituents is 1. The predicted octanol–water partition coefficient (Wildman–Crippen LogP) is 3.82. The van der Waals surface area contributed by atoms with Gasteiger partial charge < -0.3 is 5.11 Å². The molecule has 0 aliphatic heterocycles. The number of nitrogens with zero attached hydrogens (tertiary/aromatic N) is 1. The van der Waals surface area contributed by atoms with Crippen LogP contribution in [0.1, 0.15) is 45.1 Å². The zero-order valence-electron chi connectivity index (χ0n) is 13.9. The van der Waals surface area contributed by atoms with E-state index in [1.807, 2.05) is 13.8 Å². The molecule has 0 spiro atoms. The second-order valence-corrected chi connectivity index (χ2v) is 6.95. The minimum atomic E-state index is -0.443. The highest BCUT2D eigenvalue weighted by molar-refractivity contribution is 6.12. The Morgan fingerprint density at radius 1 is 1.33 bits per heavy atom. The lowest BCUT2D eigenvalue weighted by Gasteiger charge is -2.45. The molecule has 1 fully saturated rings. The summed E-state index contributed by atoms with van der Waals surface area (Å²) in [6.45, 7) is 3.88. The number of benzene rings is 1. The van der Waals surface area contributed by atoms with E-state index in [4.69, 9.17) is 0 Å². The van der Waals surface area contributed by atoms with Crippen molar-refractivity contribution in [2.24, 2.45) is 5.41 Å². The fourth-order valence-corrected chi connectivity index (χ4v) is 3.98. The Morgan fingerprint density at radius 2 is 2.00 bits per heavy atom. The first-order chi connectivity index (χ1) is 11.3. The third-order valence-electron chi connectivity index (χ3n) is 5.42. The fourth-order valence-electron chi connectivity index (χ4n) is 3.98. The van der Waals surface area contributed by atoms with E-state index >= 15 is 0 Å². The average molecular weight is 327 g/mol. The van der Waals surface area contributed by atoms with Gasteiger partial charge >= 0.3 is 0 Å². The minimum absolute atomic E-state index is 0.0231. The Bertz CT molecular complexity index is 760. The molecule has 5 nitrogen and oxygen atoms in total. The van der Waals surface area contributed by atoms with Crippen LogP contribution in [0.15, 0.2) is 41.0 Å². The van der Waals surface area contributed by atoms with Gasteiger partial charge in [-0.1, -0.05) is 12.5 Å². The van der Waals surface area contributed by atoms with Crippen LogP contribution < -0.4 is 0 Å². The second-order valence-electron chi connectivity index (χ2n) is 6.95. The molecular weight excluding hydrogens is 306 g/mol. The first-order valence-corrected chi connectivity index (χ1v) is 8.21. The molecule has 2 atom stereocenters. The lowest BCUT2D eigenvalue weighted by molar-refractivity contribution is -0.384. The third kappa shape index (κ3) is 2.69. The van der Waals surface area contributed by atoms with Crippen LogP contribution in [0.25, 0.3) is 6.08 Å². The molecule has 0 aromatic heterocycles. The van der Waals surface area contributed by atoms with Crippen LogP contribution in [0, 0.1) is 15.5 Å². The zero-order valence-corrected chi connectivity index (χ0v) is 13.9. The van der Waals surface area contributed by atoms with E-state index in [-0.39, 0.29) is 16.9 Å². The van der Waals surface area contributed by atoms with Crippen LogP contribution >= 0.6 is 0 Å². The predicted molar refractivity (Wildman–Crippen MR) is 91.4 cm³/mol. The molecule has 2 aliphatic carbocycles. The lowest BCUT2D eigenvalue weighted by atomic mass is 9.61. The van der Waals surface area contributed by atoms with Crippen LogP contribution in [0.5, 0.6) is 0 Å². The Labute approximate surface area is 140 Å². The number of hydrogen-bond donors (Lipinski definition) is 1. The van der Waals surface area contributed by atoms with Crippen molar-refractivity contribution in [1.82, 2.24) is 0 Å². The number of hydrogen-bond acceptors (Lipinski definition) is 4. The first kappa shape index (κ1) is 16.6. The number of Topliss-reactive ketones (excluding diaryl/α,β-unsaturated/α-hetero) is 1. The van der Waals surface area contributed by atoms with E-state index in [2.05, 4.69) is 0 Å². The summed E-state index contributed by atoms with van der Waals surface area (Å²) in [6, 6.07) is 6.16. The van der Waals surface area contributed by atoms with Crippen molar-refractivity contribution < 1.29 is 14.8 Å². The van der Waals surface area contributed by atoms with Crippen molar-refractivity contribution in [3.8, 4) is 0 Å². The van der Waals surface area contributed by atoms with Gasteiger partial charge in [0.2, 0.25) is 0 Å². The van der Waals surface area contributed by atoms with Crippen molar-refractivity contribution >= 4 is 17.5 Å². The molecule has 1 aromatic carbocycles. The smallest absolute Gasteiger partial charge is 0.269 e. The molecule has 0 radical (unpaired) electrons. The number of nitro groups is 1. The highest BCUT2D eigenvalue weighted by Gasteiger charge is 2.45. The van der Waals surface area contributed by atoms with Crippen LogP contribution in [-0.4, -0.2) is 21.9 Å². The number of rotatable bonds is 2. The number of carbonyl (C=O) groups is 1. The highest BCUT2D eigenvalue weighted by Crippen LogP contribution is 2.50. The van der Waals surface area contributed by atoms with Gasteiger partial charge in [-0.2, -0.15) is 0 Å². The largest absolute Gasteiger partial charge is 0.392 e. The maximum absolute atomic E-state index is 12.7. The van der Waals surface area contributed by atoms with Gasteiger partial charge in [0, 0.05) is 23.1 Å². The van der Waals surface area contributed by atoms with E-state index < -0.39 is 11.0 Å². The molecule has 2 aliphatic rings. The monoisotopic (exact) mass is 327 g/mol. The van der Waals surface area contributed by atoms with Gasteiger partial charge in [0.25, 0.3) is 5.69 Å². The molecule has 0 bridgehead atoms. The number of fused-ring (bicyclic) bond motifs is 1. The fraction of sp³-hybridized carbons (Fsp3) is 0.421. The van der Waals surface area contributed by atoms with Crippen molar-refractivity contribution in [3.63, 3.8) is 0 Å². The van der Waals surface area contributed by atoms with Crippen LogP contribution in [0.3, 0.4) is 0 Å². The molecule has 0 heterocycles. The Balaban J connectivity index is 1.98. The Morgan fingerprint density at radius 3 is 2.62 bits per heavy atom. The second kappa shape index (κ2) is 5.98. The average Bonchev–Trinajstić information content (AvgIpc) is 2.55. The molecule has 1 aromatic rings. The summed E-state index contributed by atoms with van der Waals surface area (Å²) in [6.07, 6.45) is 4.40. The van der Waals surface area contributed by atoms with E-state index in [1.54, 1.807) is 18.2 Å². The van der Waals surface area contributed by atoms with E-state index in [1.165, 1.54) is 12.1 Å². The Kier molecular flexibility index (Phi) is 4.13. The molecular formula is C19H21NO4. The van der Waals surface area contributed by atoms with Gasteiger partial charge in [0.15, 0.2) is 5.78 Å². The van der Waals surface area contributed by atoms with Gasteiger partial charge in [-0.3, -0.25) is 14.9 Å². The lowest BCUT2D eigenvalue weighted by Crippen LogP contribution is -2.42. The molecule has 1 N–H and O–H groups in total. The summed E-state index contributed by atoms with van der Waals surface area (Å²) >= 11 is 0. The number of carbonyl (C=O) groups excluding carboxylic acids is 1. The van der Waals surface area contributed by atoms with Crippen molar-refractivity contribution in [2.75, 3.05) is 0 Å². The maximum Gasteiger partial charge on any atom is 0.269 e. The zero-order chi connectivity index (χ0) is 17.5. The topological polar surface area (TPSA) is 80.4 Å². The van der Waals surface area contributed by atoms with E-state index in [9.17, 15) is 20.0 Å². The van der Waals surface area contributed by atoms with E-state index in [0.717, 1.165) is 36.0 Å². The number of allylic oxidation sites excluding steroid dienone is 2. The van der Waals surface area contributed by atoms with Crippen molar-refractivity contribution in [1.29, 1.82) is 0 Å². The summed E-state index contributed by atoms with van der Waals surface area (Å²) in [5, 5.41) is 21.2. The molecule has 24 heavy (non-hydrogen) atoms. The molecule has 5 heteroatoms. The minimum Gasteiger partial charge on any atom is -0.392 e. The van der Waals surface area contributed by atoms with Gasteiger partial charge in [-0.05, 0) is 62.0 Å². The normalized spacial score (nSPS) is 28.9. The van der Waals surface area contributed by atoms with Crippen LogP contribution in [0.2, 0.25) is 0 Å². The maximum atomic E-state index is 12.7. The standard InChI is InChI=1S/C19H21NO4/c1-12-16-4-3-5-17(21)19(16,2)11-14(18(12)22)10-13-6-8-15(9-7-13)20(23)24/h6-10,17,21H,3-5,11H2,1-2H3/b14-10-/t17-,19-/m0/s1. The van der Waals surface area contributed by atoms with Crippen LogP contribution in [-0.2, 0) is 4.79 Å². The van der Waals surface area contributed by atoms with E-state index in [0.29, 0.717) is 12.0 Å². The molecule has 3 rings (SSSR count). The highest BCUT2D eigenvalue weighted by atomic mass is 16.6. The summed E-state index contributed by atoms with van der Waals surface area (Å²) in [7, 11) is 0. The summed E-state index contributed by atoms with van der Waals surface area (Å²) in [4.78, 5) is 23.0. The van der Waals surface area contributed by atoms with Gasteiger partial charge in [0.05, 0.1) is 11.0 Å². The first-order valence-electron chi connectivity index (χ1n) is 8.21. The van der Waals surface area contributed by atoms with Crippen LogP contribution in [0.4, 0.5) is 5.69 Å². The molecule has 1 saturated carbocycles. The number of aliphatic hydroxyl groups is 1. The van der Waals surface area contributed by atoms with Gasteiger partial charge in [-0.25, -0.2) is 0 Å². The number of ketones is 1. The quantitative estimate of drug-likeness (QED) is 0.509. The van der Waals surface area contributed by atoms with Gasteiger partial charge in [0.1, 0.15) is 0 Å². The molecule has 0 unspecified atom stereocenters. The third-order valence-corrected chi connectivity index (χ3v) is 5.42. The summed E-state index contributed by atoms with van der Waals surface area (Å²) in [5.41, 5.74) is 2.90. The number of aliphatic hydroxyl groups excluding tert-OH is 1. The molecule has 0 saturated heterocycles. The molecule has 126 valence electrons. The number of nitro benzene ring substituents is 1. The SMILES string of the molecule is CC1=C2CCC[C@H](O)[C@@]2(C)C/C(=C/c2ccc([N+](=O)[O-])cc2)C1=O. The van der Waals surface area contributed by atoms with Crippen molar-refractivity contribution in [2.45, 2.75) is 45.6 Å².